The summed E-state index contributed by atoms with van der Waals surface area (Å²) in [6.07, 6.45) is -1.33. The fourth-order valence-electron chi connectivity index (χ4n) is 8.63. The minimum Gasteiger partial charge on any atom is -0.497 e. The molecule has 0 spiro atoms. The van der Waals surface area contributed by atoms with E-state index >= 15 is 0 Å². The average Bonchev–Trinajstić information content (AvgIpc) is 3.82. The van der Waals surface area contributed by atoms with Crippen molar-refractivity contribution in [2.45, 2.75) is 95.3 Å². The van der Waals surface area contributed by atoms with Crippen molar-refractivity contribution in [3.05, 3.63) is 154 Å². The van der Waals surface area contributed by atoms with Crippen LogP contribution in [0.3, 0.4) is 0 Å². The first-order valence-electron chi connectivity index (χ1n) is 21.5. The molecule has 6 atom stereocenters. The molecule has 3 heterocycles. The maximum absolute atomic E-state index is 14.1. The zero-order valence-electron chi connectivity index (χ0n) is 37.2. The molecule has 1 amide bonds. The molecular formula is C49H56N5O9P. The number of nitrogens with zero attached hydrogens (tertiary/aromatic N) is 4. The maximum Gasteiger partial charge on any atom is 0.351 e. The first-order chi connectivity index (χ1) is 31.0. The van der Waals surface area contributed by atoms with E-state index in [1.54, 1.807) is 50.7 Å². The van der Waals surface area contributed by atoms with E-state index in [9.17, 15) is 14.9 Å². The van der Waals surface area contributed by atoms with Crippen LogP contribution in [-0.4, -0.2) is 83.6 Å². The number of aromatic nitrogens is 2. The molecule has 2 unspecified atom stereocenters. The zero-order chi connectivity index (χ0) is 45.4. The molecule has 2 saturated heterocycles. The number of ether oxygens (including phenoxy) is 5. The molecule has 2 fully saturated rings. The Morgan fingerprint density at radius 3 is 2.02 bits per heavy atom. The number of benzene rings is 4. The van der Waals surface area contributed by atoms with Crippen molar-refractivity contribution in [3.8, 4) is 17.6 Å². The lowest BCUT2D eigenvalue weighted by molar-refractivity contribution is -0.235. The highest BCUT2D eigenvalue weighted by atomic mass is 31.2. The molecule has 14 nitrogen and oxygen atoms in total. The third kappa shape index (κ3) is 9.34. The lowest BCUT2D eigenvalue weighted by Crippen LogP contribution is -2.56. The van der Waals surface area contributed by atoms with Gasteiger partial charge in [0.15, 0.2) is 6.23 Å². The largest absolute Gasteiger partial charge is 0.497 e. The lowest BCUT2D eigenvalue weighted by Gasteiger charge is -2.45. The van der Waals surface area contributed by atoms with Crippen molar-refractivity contribution in [2.24, 2.45) is 0 Å². The van der Waals surface area contributed by atoms with Gasteiger partial charge in [-0.1, -0.05) is 79.7 Å². The second kappa shape index (κ2) is 20.6. The Morgan fingerprint density at radius 1 is 0.906 bits per heavy atom. The topological polar surface area (TPSA) is 156 Å². The fraction of sp³-hybridized carbons (Fsp3) is 0.388. The minimum absolute atomic E-state index is 0.000364. The number of amides is 1. The summed E-state index contributed by atoms with van der Waals surface area (Å²) >= 11 is 0. The second-order valence-corrected chi connectivity index (χ2v) is 17.6. The molecule has 5 aromatic rings. The third-order valence-electron chi connectivity index (χ3n) is 11.6. The first-order valence-corrected chi connectivity index (χ1v) is 22.6. The van der Waals surface area contributed by atoms with Crippen LogP contribution in [0.25, 0.3) is 0 Å². The van der Waals surface area contributed by atoms with Gasteiger partial charge in [-0.2, -0.15) is 10.2 Å². The summed E-state index contributed by atoms with van der Waals surface area (Å²) in [6, 6.07) is 38.0. The summed E-state index contributed by atoms with van der Waals surface area (Å²) in [6.45, 7) is 10.5. The molecule has 0 aliphatic carbocycles. The summed E-state index contributed by atoms with van der Waals surface area (Å²) in [5.41, 5.74) is -0.320. The van der Waals surface area contributed by atoms with Gasteiger partial charge in [0.1, 0.15) is 40.7 Å². The third-order valence-corrected chi connectivity index (χ3v) is 13.7. The fourth-order valence-corrected chi connectivity index (χ4v) is 10.4. The number of rotatable bonds is 20. The smallest absolute Gasteiger partial charge is 0.351 e. The van der Waals surface area contributed by atoms with Crippen LogP contribution in [0, 0.1) is 11.3 Å². The highest BCUT2D eigenvalue weighted by Crippen LogP contribution is 2.58. The van der Waals surface area contributed by atoms with Crippen LogP contribution >= 0.6 is 8.53 Å². The molecule has 64 heavy (non-hydrogen) atoms. The summed E-state index contributed by atoms with van der Waals surface area (Å²) in [5, 5.41) is 12.2. The van der Waals surface area contributed by atoms with Crippen molar-refractivity contribution in [2.75, 3.05) is 32.8 Å². The molecule has 336 valence electrons. The number of anilines is 1. The van der Waals surface area contributed by atoms with Gasteiger partial charge in [0.25, 0.3) is 14.4 Å². The Hall–Kier alpha value is -5.49. The summed E-state index contributed by atoms with van der Waals surface area (Å²) < 4.78 is 50.1. The van der Waals surface area contributed by atoms with E-state index in [2.05, 4.69) is 48.7 Å². The minimum atomic E-state index is -1.82. The summed E-state index contributed by atoms with van der Waals surface area (Å²) in [5.74, 6) is 1.05. The van der Waals surface area contributed by atoms with Crippen molar-refractivity contribution >= 4 is 20.3 Å². The predicted octanol–water partition coefficient (Wildman–Crippen LogP) is 8.63. The van der Waals surface area contributed by atoms with Gasteiger partial charge in [-0.15, -0.1) is 0 Å². The molecule has 2 aliphatic rings. The van der Waals surface area contributed by atoms with Crippen molar-refractivity contribution in [1.82, 2.24) is 14.2 Å². The van der Waals surface area contributed by atoms with Crippen LogP contribution in [0.15, 0.2) is 126 Å². The van der Waals surface area contributed by atoms with Gasteiger partial charge in [0, 0.05) is 23.8 Å². The SMILES string of the molecule is CC[C@@H](OC(c1ccccc1)(c1ccc(OC)cc1)c1ccc(OC)cc1)C12CO[C@@H]([C@H](n3ccc(NC(=O)c4ccccc4)nc3=O)O1)[C@@H]2OP(OCCC#N)N(C(C)C)C(C)C. The molecule has 2 bridgehead atoms. The van der Waals surface area contributed by atoms with Crippen LogP contribution < -0.4 is 20.5 Å². The van der Waals surface area contributed by atoms with Crippen molar-refractivity contribution in [1.29, 1.82) is 5.26 Å². The maximum atomic E-state index is 14.1. The van der Waals surface area contributed by atoms with Crippen molar-refractivity contribution < 1.29 is 37.5 Å². The number of nitrogens with one attached hydrogen (secondary N) is 1. The number of hydrogen-bond acceptors (Lipinski definition) is 12. The summed E-state index contributed by atoms with van der Waals surface area (Å²) in [4.78, 5) is 31.3. The molecule has 0 saturated carbocycles. The highest BCUT2D eigenvalue weighted by Gasteiger charge is 2.68. The normalized spacial score (nSPS) is 20.3. The second-order valence-electron chi connectivity index (χ2n) is 16.2. The quantitative estimate of drug-likeness (QED) is 0.0452. The molecule has 0 radical (unpaired) electrons. The van der Waals surface area contributed by atoms with Gasteiger partial charge in [-0.3, -0.25) is 9.36 Å². The molecule has 2 aliphatic heterocycles. The van der Waals surface area contributed by atoms with Crippen molar-refractivity contribution in [3.63, 3.8) is 0 Å². The van der Waals surface area contributed by atoms with E-state index in [0.29, 0.717) is 23.5 Å². The monoisotopic (exact) mass is 889 g/mol. The van der Waals surface area contributed by atoms with E-state index in [1.807, 2.05) is 91.9 Å². The number of carbonyl (C=O) groups is 1. The van der Waals surface area contributed by atoms with Crippen LogP contribution in [0.1, 0.15) is 80.7 Å². The van der Waals surface area contributed by atoms with Crippen LogP contribution in [0.4, 0.5) is 5.82 Å². The Labute approximate surface area is 376 Å². The number of fused-ring (bicyclic) bond motifs is 2. The van der Waals surface area contributed by atoms with Crippen LogP contribution in [-0.2, 0) is 28.9 Å². The predicted molar refractivity (Wildman–Crippen MR) is 243 cm³/mol. The Bertz CT molecular complexity index is 2360. The standard InChI is InChI=1S/C49H56N5O9P/c1-8-41(61-49(36-18-13-10-14-19-36,37-20-24-39(57-6)25-21-37)38-22-26-40(58-7)27-23-38)48-32-59-43(44(48)63-64(60-31-15-29-50)54(33(2)3)34(4)5)46(62-48)53-30-28-42(52-47(53)56)51-45(55)35-16-11-9-12-17-35/h9-14,16-28,30,33-34,41,43-44,46H,8,15,31-32H2,1-7H3,(H,51,52,55,56)/t41-,43-,44+,46-,48?,64?/m1/s1. The Morgan fingerprint density at radius 2 is 1.48 bits per heavy atom. The van der Waals surface area contributed by atoms with Gasteiger partial charge >= 0.3 is 5.69 Å². The van der Waals surface area contributed by atoms with E-state index in [1.165, 1.54) is 4.57 Å². The van der Waals surface area contributed by atoms with E-state index in [-0.39, 0.29) is 37.5 Å². The van der Waals surface area contributed by atoms with Gasteiger partial charge in [-0.05, 0) is 93.3 Å². The first kappa shape index (κ1) is 46.5. The van der Waals surface area contributed by atoms with Crippen LogP contribution in [0.2, 0.25) is 0 Å². The van der Waals surface area contributed by atoms with Gasteiger partial charge in [-0.25, -0.2) is 9.46 Å². The van der Waals surface area contributed by atoms with Gasteiger partial charge in [0.2, 0.25) is 0 Å². The molecule has 1 N–H and O–H groups in total. The van der Waals surface area contributed by atoms with Gasteiger partial charge in [0.05, 0.1) is 46.0 Å². The molecule has 4 aromatic carbocycles. The molecule has 1 aromatic heterocycles. The Balaban J connectivity index is 1.36. The van der Waals surface area contributed by atoms with Gasteiger partial charge < -0.3 is 38.0 Å². The number of carbonyl (C=O) groups excluding carboxylic acids is 1. The Kier molecular flexibility index (Phi) is 14.9. The highest BCUT2D eigenvalue weighted by molar-refractivity contribution is 7.44. The molecular weight excluding hydrogens is 834 g/mol. The zero-order valence-corrected chi connectivity index (χ0v) is 38.1. The average molecular weight is 890 g/mol. The number of nitriles is 1. The molecule has 7 rings (SSSR count). The number of methoxy groups -OCH3 is 2. The summed E-state index contributed by atoms with van der Waals surface area (Å²) in [7, 11) is 1.44. The van der Waals surface area contributed by atoms with E-state index in [4.69, 9.17) is 32.7 Å². The molecule has 15 heteroatoms. The van der Waals surface area contributed by atoms with E-state index < -0.39 is 55.9 Å². The van der Waals surface area contributed by atoms with Crippen LogP contribution in [0.5, 0.6) is 11.5 Å². The number of hydrogen-bond donors (Lipinski definition) is 1. The van der Waals surface area contributed by atoms with E-state index in [0.717, 1.165) is 16.7 Å². The lowest BCUT2D eigenvalue weighted by atomic mass is 9.79.